The van der Waals surface area contributed by atoms with Crippen LogP contribution in [0.3, 0.4) is 0 Å². The summed E-state index contributed by atoms with van der Waals surface area (Å²) in [5.41, 5.74) is 3.31. The molecule has 2 nitrogen and oxygen atoms in total. The van der Waals surface area contributed by atoms with E-state index >= 15 is 0 Å². The molecule has 1 aliphatic heterocycles. The van der Waals surface area contributed by atoms with Crippen molar-refractivity contribution in [3.63, 3.8) is 0 Å². The van der Waals surface area contributed by atoms with Crippen molar-refractivity contribution < 1.29 is 4.79 Å². The predicted octanol–water partition coefficient (Wildman–Crippen LogP) is 2.34. The molecule has 2 unspecified atom stereocenters. The van der Waals surface area contributed by atoms with Gasteiger partial charge in [-0.1, -0.05) is 19.1 Å². The zero-order chi connectivity index (χ0) is 11.7. The summed E-state index contributed by atoms with van der Waals surface area (Å²) < 4.78 is 0. The van der Waals surface area contributed by atoms with Gasteiger partial charge in [0.05, 0.1) is 0 Å². The fourth-order valence-electron chi connectivity index (χ4n) is 2.27. The Morgan fingerprint density at radius 3 is 2.56 bits per heavy atom. The molecule has 0 aromatic heterocycles. The largest absolute Gasteiger partial charge is 0.316 e. The third kappa shape index (κ3) is 2.03. The highest BCUT2D eigenvalue weighted by Crippen LogP contribution is 2.22. The Morgan fingerprint density at radius 2 is 2.00 bits per heavy atom. The van der Waals surface area contributed by atoms with Gasteiger partial charge in [0.15, 0.2) is 5.78 Å². The van der Waals surface area contributed by atoms with E-state index in [-0.39, 0.29) is 5.92 Å². The van der Waals surface area contributed by atoms with Gasteiger partial charge in [-0.15, -0.1) is 0 Å². The number of benzene rings is 1. The van der Waals surface area contributed by atoms with E-state index in [1.165, 1.54) is 11.1 Å². The van der Waals surface area contributed by atoms with Crippen LogP contribution in [0, 0.1) is 25.7 Å². The van der Waals surface area contributed by atoms with Crippen molar-refractivity contribution in [3.05, 3.63) is 34.9 Å². The van der Waals surface area contributed by atoms with Gasteiger partial charge in [0.1, 0.15) is 0 Å². The zero-order valence-corrected chi connectivity index (χ0v) is 10.2. The highest BCUT2D eigenvalue weighted by atomic mass is 16.1. The topological polar surface area (TPSA) is 29.1 Å². The summed E-state index contributed by atoms with van der Waals surface area (Å²) in [5.74, 6) is 0.900. The van der Waals surface area contributed by atoms with Gasteiger partial charge in [0.25, 0.3) is 0 Å². The number of hydrogen-bond acceptors (Lipinski definition) is 2. The number of nitrogens with one attached hydrogen (secondary N) is 1. The van der Waals surface area contributed by atoms with E-state index in [0.717, 1.165) is 18.7 Å². The number of ketones is 1. The van der Waals surface area contributed by atoms with Gasteiger partial charge >= 0.3 is 0 Å². The van der Waals surface area contributed by atoms with Crippen LogP contribution in [0.1, 0.15) is 28.4 Å². The van der Waals surface area contributed by atoms with Crippen molar-refractivity contribution >= 4 is 5.78 Å². The average Bonchev–Trinajstić information content (AvgIpc) is 2.67. The summed E-state index contributed by atoms with van der Waals surface area (Å²) in [6, 6.07) is 6.01. The van der Waals surface area contributed by atoms with Gasteiger partial charge in [-0.2, -0.15) is 0 Å². The zero-order valence-electron chi connectivity index (χ0n) is 10.2. The van der Waals surface area contributed by atoms with Gasteiger partial charge in [0.2, 0.25) is 0 Å². The first kappa shape index (κ1) is 11.3. The van der Waals surface area contributed by atoms with Crippen LogP contribution < -0.4 is 5.32 Å². The molecule has 1 N–H and O–H groups in total. The number of hydrogen-bond donors (Lipinski definition) is 1. The van der Waals surface area contributed by atoms with Crippen LogP contribution in [0.4, 0.5) is 0 Å². The average molecular weight is 217 g/mol. The van der Waals surface area contributed by atoms with Crippen LogP contribution in [0.5, 0.6) is 0 Å². The van der Waals surface area contributed by atoms with Crippen molar-refractivity contribution in [2.24, 2.45) is 11.8 Å². The lowest BCUT2D eigenvalue weighted by atomic mass is 9.89. The molecule has 0 bridgehead atoms. The van der Waals surface area contributed by atoms with Gasteiger partial charge < -0.3 is 5.32 Å². The van der Waals surface area contributed by atoms with Crippen molar-refractivity contribution in [1.29, 1.82) is 0 Å². The molecule has 16 heavy (non-hydrogen) atoms. The van der Waals surface area contributed by atoms with E-state index in [1.807, 2.05) is 18.2 Å². The van der Waals surface area contributed by atoms with Gasteiger partial charge in [-0.05, 0) is 43.5 Å². The molecule has 1 fully saturated rings. The first-order valence-electron chi connectivity index (χ1n) is 5.92. The minimum atomic E-state index is 0.155. The fourth-order valence-corrected chi connectivity index (χ4v) is 2.27. The molecule has 1 aliphatic rings. The maximum atomic E-state index is 12.3. The highest BCUT2D eigenvalue weighted by Gasteiger charge is 2.30. The summed E-state index contributed by atoms with van der Waals surface area (Å²) in [5, 5.41) is 3.28. The van der Waals surface area contributed by atoms with Gasteiger partial charge in [-0.25, -0.2) is 0 Å². The van der Waals surface area contributed by atoms with E-state index in [4.69, 9.17) is 0 Å². The van der Waals surface area contributed by atoms with E-state index in [0.29, 0.717) is 11.7 Å². The molecule has 86 valence electrons. The number of Topliss-reactive ketones (excluding diaryl/α,β-unsaturated/α-hetero) is 1. The Hall–Kier alpha value is -1.15. The number of aryl methyl sites for hydroxylation is 2. The lowest BCUT2D eigenvalue weighted by Crippen LogP contribution is -2.21. The first-order valence-corrected chi connectivity index (χ1v) is 5.92. The lowest BCUT2D eigenvalue weighted by Gasteiger charge is -2.13. The highest BCUT2D eigenvalue weighted by molar-refractivity contribution is 5.98. The number of carbonyl (C=O) groups is 1. The van der Waals surface area contributed by atoms with E-state index in [1.54, 1.807) is 0 Å². The maximum absolute atomic E-state index is 12.3. The van der Waals surface area contributed by atoms with E-state index in [2.05, 4.69) is 26.1 Å². The normalized spacial score (nSPS) is 24.7. The third-order valence-corrected chi connectivity index (χ3v) is 3.65. The SMILES string of the molecule is Cc1ccc(C(=O)C2CNCC2C)cc1C. The van der Waals surface area contributed by atoms with Crippen LogP contribution in [0.15, 0.2) is 18.2 Å². The molecule has 0 aliphatic carbocycles. The van der Waals surface area contributed by atoms with Crippen LogP contribution in [-0.4, -0.2) is 18.9 Å². The maximum Gasteiger partial charge on any atom is 0.167 e. The smallest absolute Gasteiger partial charge is 0.167 e. The molecular weight excluding hydrogens is 198 g/mol. The molecule has 0 amide bonds. The second kappa shape index (κ2) is 4.38. The molecule has 0 radical (unpaired) electrons. The Kier molecular flexibility index (Phi) is 3.10. The molecule has 1 saturated heterocycles. The molecule has 0 saturated carbocycles. The second-order valence-corrected chi connectivity index (χ2v) is 4.91. The van der Waals surface area contributed by atoms with Crippen molar-refractivity contribution in [3.8, 4) is 0 Å². The Labute approximate surface area is 97.1 Å². The molecule has 2 atom stereocenters. The van der Waals surface area contributed by atoms with E-state index < -0.39 is 0 Å². The predicted molar refractivity (Wildman–Crippen MR) is 65.8 cm³/mol. The molecule has 0 spiro atoms. The molecule has 1 aromatic carbocycles. The first-order chi connectivity index (χ1) is 7.59. The summed E-state index contributed by atoms with van der Waals surface area (Å²) >= 11 is 0. The monoisotopic (exact) mass is 217 g/mol. The number of carbonyl (C=O) groups excluding carboxylic acids is 1. The van der Waals surface area contributed by atoms with Crippen LogP contribution in [0.2, 0.25) is 0 Å². The Morgan fingerprint density at radius 1 is 1.25 bits per heavy atom. The summed E-state index contributed by atoms with van der Waals surface area (Å²) in [4.78, 5) is 12.3. The van der Waals surface area contributed by atoms with Gasteiger partial charge in [0, 0.05) is 18.0 Å². The van der Waals surface area contributed by atoms with Crippen molar-refractivity contribution in [2.45, 2.75) is 20.8 Å². The summed E-state index contributed by atoms with van der Waals surface area (Å²) in [6.45, 7) is 8.06. The van der Waals surface area contributed by atoms with Crippen molar-refractivity contribution in [1.82, 2.24) is 5.32 Å². The number of rotatable bonds is 2. The molecular formula is C14H19NO. The molecule has 2 heteroatoms. The minimum Gasteiger partial charge on any atom is -0.316 e. The third-order valence-electron chi connectivity index (χ3n) is 3.65. The fraction of sp³-hybridized carbons (Fsp3) is 0.500. The molecule has 2 rings (SSSR count). The van der Waals surface area contributed by atoms with E-state index in [9.17, 15) is 4.79 Å². The van der Waals surface area contributed by atoms with Crippen molar-refractivity contribution in [2.75, 3.05) is 13.1 Å². The van der Waals surface area contributed by atoms with Crippen LogP contribution >= 0.6 is 0 Å². The lowest BCUT2D eigenvalue weighted by molar-refractivity contribution is 0.0907. The summed E-state index contributed by atoms with van der Waals surface area (Å²) in [7, 11) is 0. The minimum absolute atomic E-state index is 0.155. The molecule has 1 heterocycles. The van der Waals surface area contributed by atoms with Crippen LogP contribution in [0.25, 0.3) is 0 Å². The quantitative estimate of drug-likeness (QED) is 0.770. The van der Waals surface area contributed by atoms with Gasteiger partial charge in [-0.3, -0.25) is 4.79 Å². The second-order valence-electron chi connectivity index (χ2n) is 4.91. The molecule has 1 aromatic rings. The Balaban J connectivity index is 2.23. The van der Waals surface area contributed by atoms with Crippen LogP contribution in [-0.2, 0) is 0 Å². The summed E-state index contributed by atoms with van der Waals surface area (Å²) in [6.07, 6.45) is 0. The standard InChI is InChI=1S/C14H19NO/c1-9-4-5-12(6-10(9)2)14(16)13-8-15-7-11(13)3/h4-6,11,13,15H,7-8H2,1-3H3. The Bertz CT molecular complexity index is 411.